The lowest BCUT2D eigenvalue weighted by Gasteiger charge is -2.35. The van der Waals surface area contributed by atoms with E-state index in [2.05, 4.69) is 13.8 Å². The number of likely N-dealkylation sites (N-methyl/N-ethyl adjacent to an activating group) is 1. The smallest absolute Gasteiger partial charge is 0.261 e. The van der Waals surface area contributed by atoms with Crippen LogP contribution in [-0.2, 0) is 13.8 Å². The van der Waals surface area contributed by atoms with E-state index in [1.165, 1.54) is 12.1 Å². The first-order valence-corrected chi connectivity index (χ1v) is 9.11. The largest absolute Gasteiger partial charge is 0.364 e. The van der Waals surface area contributed by atoms with E-state index in [4.69, 9.17) is 10.7 Å². The van der Waals surface area contributed by atoms with E-state index in [0.29, 0.717) is 18.2 Å². The third-order valence-electron chi connectivity index (χ3n) is 3.53. The maximum absolute atomic E-state index is 12.2. The Balaban J connectivity index is 2.46. The van der Waals surface area contributed by atoms with Crippen molar-refractivity contribution < 1.29 is 13.2 Å². The second kappa shape index (κ2) is 5.85. The summed E-state index contributed by atoms with van der Waals surface area (Å²) in [5.74, 6) is 0.426. The van der Waals surface area contributed by atoms with Crippen LogP contribution in [0.4, 0.5) is 11.4 Å². The van der Waals surface area contributed by atoms with E-state index >= 15 is 0 Å². The Morgan fingerprint density at radius 1 is 1.29 bits per heavy atom. The van der Waals surface area contributed by atoms with Crippen LogP contribution in [0.5, 0.6) is 0 Å². The lowest BCUT2D eigenvalue weighted by atomic mass is 10.1. The number of anilines is 2. The van der Waals surface area contributed by atoms with Crippen molar-refractivity contribution in [1.29, 1.82) is 0 Å². The van der Waals surface area contributed by atoms with Crippen molar-refractivity contribution in [1.82, 2.24) is 0 Å². The van der Waals surface area contributed by atoms with Crippen molar-refractivity contribution in [2.75, 3.05) is 29.9 Å². The molecule has 0 saturated carbocycles. The van der Waals surface area contributed by atoms with Gasteiger partial charge in [0.2, 0.25) is 5.91 Å². The maximum Gasteiger partial charge on any atom is 0.261 e. The molecule has 0 radical (unpaired) electrons. The minimum atomic E-state index is -3.81. The van der Waals surface area contributed by atoms with Crippen LogP contribution in [-0.4, -0.2) is 34.5 Å². The Morgan fingerprint density at radius 3 is 2.52 bits per heavy atom. The number of hydrogen-bond donors (Lipinski definition) is 0. The summed E-state index contributed by atoms with van der Waals surface area (Å²) in [6, 6.07) is 4.64. The maximum atomic E-state index is 12.2. The minimum absolute atomic E-state index is 0.0144. The van der Waals surface area contributed by atoms with Crippen molar-refractivity contribution in [3.8, 4) is 0 Å². The van der Waals surface area contributed by atoms with Gasteiger partial charge < -0.3 is 9.80 Å². The third-order valence-corrected chi connectivity index (χ3v) is 4.89. The first-order valence-electron chi connectivity index (χ1n) is 6.80. The zero-order valence-electron chi connectivity index (χ0n) is 12.3. The molecule has 0 aliphatic carbocycles. The van der Waals surface area contributed by atoms with Gasteiger partial charge in [-0.2, -0.15) is 0 Å². The fourth-order valence-electron chi connectivity index (χ4n) is 2.33. The van der Waals surface area contributed by atoms with Crippen LogP contribution in [0.25, 0.3) is 0 Å². The quantitative estimate of drug-likeness (QED) is 0.796. The van der Waals surface area contributed by atoms with Gasteiger partial charge in [-0.05, 0) is 30.5 Å². The predicted octanol–water partition coefficient (Wildman–Crippen LogP) is 2.44. The standard InChI is InChI=1S/C14H19ClN2O3S/c1-10(2)6-7-17-13-8-11(21(15,19)20)4-5-12(13)16(3)9-14(17)18/h4-5,8,10H,6-7,9H2,1-3H3. The van der Waals surface area contributed by atoms with Crippen LogP contribution in [0.2, 0.25) is 0 Å². The lowest BCUT2D eigenvalue weighted by Crippen LogP contribution is -2.45. The van der Waals surface area contributed by atoms with Crippen LogP contribution >= 0.6 is 10.7 Å². The second-order valence-corrected chi connectivity index (χ2v) is 8.24. The number of carbonyl (C=O) groups is 1. The topological polar surface area (TPSA) is 57.7 Å². The molecule has 21 heavy (non-hydrogen) atoms. The molecule has 0 unspecified atom stereocenters. The van der Waals surface area contributed by atoms with Gasteiger partial charge in [-0.3, -0.25) is 4.79 Å². The third kappa shape index (κ3) is 3.49. The fraction of sp³-hybridized carbons (Fsp3) is 0.500. The zero-order valence-corrected chi connectivity index (χ0v) is 13.9. The Bertz CT molecular complexity index is 658. The van der Waals surface area contributed by atoms with E-state index in [-0.39, 0.29) is 17.3 Å². The number of fused-ring (bicyclic) bond motifs is 1. The van der Waals surface area contributed by atoms with E-state index in [9.17, 15) is 13.2 Å². The second-order valence-electron chi connectivity index (χ2n) is 5.67. The number of carbonyl (C=O) groups excluding carboxylic acids is 1. The molecule has 7 heteroatoms. The summed E-state index contributed by atoms with van der Waals surface area (Å²) in [4.78, 5) is 15.7. The SMILES string of the molecule is CC(C)CCN1C(=O)CN(C)c2ccc(S(=O)(=O)Cl)cc21. The van der Waals surface area contributed by atoms with Gasteiger partial charge >= 0.3 is 0 Å². The average Bonchev–Trinajstić information content (AvgIpc) is 2.36. The van der Waals surface area contributed by atoms with Gasteiger partial charge in [0, 0.05) is 24.3 Å². The molecule has 0 aromatic heterocycles. The van der Waals surface area contributed by atoms with Crippen molar-refractivity contribution in [3.63, 3.8) is 0 Å². The van der Waals surface area contributed by atoms with Crippen LogP contribution in [0, 0.1) is 5.92 Å². The highest BCUT2D eigenvalue weighted by Gasteiger charge is 2.28. The monoisotopic (exact) mass is 330 g/mol. The molecule has 0 fully saturated rings. The van der Waals surface area contributed by atoms with Gasteiger partial charge in [0.1, 0.15) is 0 Å². The molecule has 0 saturated heterocycles. The zero-order chi connectivity index (χ0) is 15.8. The molecule has 1 amide bonds. The van der Waals surface area contributed by atoms with Crippen LogP contribution in [0.15, 0.2) is 23.1 Å². The summed E-state index contributed by atoms with van der Waals surface area (Å²) >= 11 is 0. The first kappa shape index (κ1) is 16.1. The Labute approximate surface area is 129 Å². The van der Waals surface area contributed by atoms with Crippen LogP contribution in [0.3, 0.4) is 0 Å². The van der Waals surface area contributed by atoms with Crippen LogP contribution < -0.4 is 9.80 Å². The number of amides is 1. The van der Waals surface area contributed by atoms with Gasteiger partial charge in [0.15, 0.2) is 0 Å². The molecule has 1 aliphatic rings. The summed E-state index contributed by atoms with van der Waals surface area (Å²) < 4.78 is 23.0. The minimum Gasteiger partial charge on any atom is -0.364 e. The average molecular weight is 331 g/mol. The van der Waals surface area contributed by atoms with Crippen molar-refractivity contribution in [2.24, 2.45) is 5.92 Å². The highest BCUT2D eigenvalue weighted by Crippen LogP contribution is 2.35. The molecule has 0 spiro atoms. The number of hydrogen-bond acceptors (Lipinski definition) is 4. The molecular weight excluding hydrogens is 312 g/mol. The molecule has 1 aromatic carbocycles. The highest BCUT2D eigenvalue weighted by atomic mass is 35.7. The van der Waals surface area contributed by atoms with Crippen molar-refractivity contribution in [3.05, 3.63) is 18.2 Å². The summed E-state index contributed by atoms with van der Waals surface area (Å²) in [7, 11) is 3.40. The molecule has 5 nitrogen and oxygen atoms in total. The van der Waals surface area contributed by atoms with Gasteiger partial charge in [0.05, 0.1) is 22.8 Å². The Morgan fingerprint density at radius 2 is 1.95 bits per heavy atom. The van der Waals surface area contributed by atoms with Crippen LogP contribution in [0.1, 0.15) is 20.3 Å². The first-order chi connectivity index (χ1) is 9.70. The molecule has 0 N–H and O–H groups in total. The summed E-state index contributed by atoms with van der Waals surface area (Å²) in [6.45, 7) is 5.03. The van der Waals surface area contributed by atoms with Gasteiger partial charge in [-0.1, -0.05) is 13.8 Å². The van der Waals surface area contributed by atoms with Crippen molar-refractivity contribution in [2.45, 2.75) is 25.2 Å². The van der Waals surface area contributed by atoms with Gasteiger partial charge in [0.25, 0.3) is 9.05 Å². The normalized spacial score (nSPS) is 15.6. The molecular formula is C14H19ClN2O3S. The number of benzene rings is 1. The highest BCUT2D eigenvalue weighted by molar-refractivity contribution is 8.13. The van der Waals surface area contributed by atoms with Crippen molar-refractivity contribution >= 4 is 37.0 Å². The molecule has 0 atom stereocenters. The van der Waals surface area contributed by atoms with E-state index in [0.717, 1.165) is 12.1 Å². The molecule has 2 rings (SSSR count). The van der Waals surface area contributed by atoms with E-state index in [1.54, 1.807) is 11.0 Å². The molecule has 0 bridgehead atoms. The molecule has 116 valence electrons. The molecule has 1 heterocycles. The lowest BCUT2D eigenvalue weighted by molar-refractivity contribution is -0.117. The number of rotatable bonds is 4. The summed E-state index contributed by atoms with van der Waals surface area (Å²) in [6.07, 6.45) is 0.854. The van der Waals surface area contributed by atoms with E-state index < -0.39 is 9.05 Å². The molecule has 1 aliphatic heterocycles. The fourth-order valence-corrected chi connectivity index (χ4v) is 3.11. The van der Waals surface area contributed by atoms with Gasteiger partial charge in [-0.25, -0.2) is 8.42 Å². The summed E-state index contributed by atoms with van der Waals surface area (Å²) in [5.41, 5.74) is 1.44. The molecule has 1 aromatic rings. The summed E-state index contributed by atoms with van der Waals surface area (Å²) in [5, 5.41) is 0. The Hall–Kier alpha value is -1.27. The number of halogens is 1. The number of nitrogens with zero attached hydrogens (tertiary/aromatic N) is 2. The Kier molecular flexibility index (Phi) is 4.49. The predicted molar refractivity (Wildman–Crippen MR) is 84.6 cm³/mol. The van der Waals surface area contributed by atoms with Gasteiger partial charge in [-0.15, -0.1) is 0 Å². The van der Waals surface area contributed by atoms with E-state index in [1.807, 2.05) is 11.9 Å².